The van der Waals surface area contributed by atoms with Crippen LogP contribution < -0.4 is 5.32 Å². The van der Waals surface area contributed by atoms with E-state index < -0.39 is 17.8 Å². The van der Waals surface area contributed by atoms with E-state index in [9.17, 15) is 14.4 Å². The highest BCUT2D eigenvalue weighted by Crippen LogP contribution is 2.20. The van der Waals surface area contributed by atoms with Crippen molar-refractivity contribution >= 4 is 23.5 Å². The summed E-state index contributed by atoms with van der Waals surface area (Å²) in [6, 6.07) is 6.52. The first-order valence-electron chi connectivity index (χ1n) is 7.98. The number of allylic oxidation sites excluding steroid dienone is 2. The van der Waals surface area contributed by atoms with Gasteiger partial charge < -0.3 is 14.8 Å². The maximum absolute atomic E-state index is 11.9. The number of benzene rings is 1. The van der Waals surface area contributed by atoms with Crippen LogP contribution in [0.1, 0.15) is 36.5 Å². The molecule has 1 aliphatic rings. The molecule has 24 heavy (non-hydrogen) atoms. The number of hydrogen-bond acceptors (Lipinski definition) is 5. The molecule has 1 atom stereocenters. The molecule has 2 rings (SSSR count). The Hall–Kier alpha value is -2.63. The largest absolute Gasteiger partial charge is 0.462 e. The minimum atomic E-state index is -0.515. The van der Waals surface area contributed by atoms with Crippen LogP contribution in [0.2, 0.25) is 0 Å². The molecule has 128 valence electrons. The van der Waals surface area contributed by atoms with Crippen molar-refractivity contribution in [3.8, 4) is 0 Å². The lowest BCUT2D eigenvalue weighted by atomic mass is 10.1. The highest BCUT2D eigenvalue weighted by Gasteiger charge is 2.17. The van der Waals surface area contributed by atoms with Gasteiger partial charge in [-0.1, -0.05) is 24.3 Å². The van der Waals surface area contributed by atoms with E-state index in [-0.39, 0.29) is 31.1 Å². The first-order valence-corrected chi connectivity index (χ1v) is 7.98. The average Bonchev–Trinajstić information content (AvgIpc) is 3.06. The number of carbonyl (C=O) groups excluding carboxylic acids is 3. The predicted molar refractivity (Wildman–Crippen MR) is 88.5 cm³/mol. The zero-order chi connectivity index (χ0) is 17.4. The van der Waals surface area contributed by atoms with Gasteiger partial charge in [0.2, 0.25) is 0 Å². The van der Waals surface area contributed by atoms with Gasteiger partial charge in [0.1, 0.15) is 0 Å². The molecule has 0 spiro atoms. The molecule has 0 bridgehead atoms. The Kier molecular flexibility index (Phi) is 6.54. The fourth-order valence-corrected chi connectivity index (χ4v) is 2.45. The number of hydrogen-bond donors (Lipinski definition) is 1. The maximum Gasteiger partial charge on any atom is 0.340 e. The number of para-hydroxylation sites is 1. The molecule has 0 aliphatic heterocycles. The van der Waals surface area contributed by atoms with E-state index in [1.54, 1.807) is 31.2 Å². The van der Waals surface area contributed by atoms with E-state index in [4.69, 9.17) is 9.47 Å². The molecule has 0 saturated heterocycles. The van der Waals surface area contributed by atoms with E-state index >= 15 is 0 Å². The lowest BCUT2D eigenvalue weighted by molar-refractivity contribution is -0.147. The predicted octanol–water partition coefficient (Wildman–Crippen LogP) is 2.70. The second-order valence-electron chi connectivity index (χ2n) is 5.44. The van der Waals surface area contributed by atoms with Crippen LogP contribution in [0.5, 0.6) is 0 Å². The Balaban J connectivity index is 1.84. The molecular weight excluding hydrogens is 310 g/mol. The summed E-state index contributed by atoms with van der Waals surface area (Å²) in [5.41, 5.74) is 0.589. The number of nitrogens with one attached hydrogen (secondary N) is 1. The Morgan fingerprint density at radius 3 is 2.71 bits per heavy atom. The molecule has 1 aliphatic carbocycles. The smallest absolute Gasteiger partial charge is 0.340 e. The third kappa shape index (κ3) is 5.22. The highest BCUT2D eigenvalue weighted by atomic mass is 16.5. The zero-order valence-electron chi connectivity index (χ0n) is 13.6. The summed E-state index contributed by atoms with van der Waals surface area (Å²) < 4.78 is 9.93. The van der Waals surface area contributed by atoms with Crippen LogP contribution >= 0.6 is 0 Å². The number of esters is 2. The molecule has 0 heterocycles. The minimum Gasteiger partial charge on any atom is -0.462 e. The van der Waals surface area contributed by atoms with Crippen molar-refractivity contribution in [2.75, 3.05) is 18.5 Å². The van der Waals surface area contributed by atoms with Crippen molar-refractivity contribution in [1.29, 1.82) is 0 Å². The van der Waals surface area contributed by atoms with Crippen LogP contribution in [-0.4, -0.2) is 31.1 Å². The van der Waals surface area contributed by atoms with Gasteiger partial charge in [-0.05, 0) is 37.8 Å². The molecule has 0 saturated carbocycles. The standard InChI is InChI=1S/C18H21NO5/c1-2-23-18(22)14-9-5-6-10-15(14)19-16(20)12-24-17(21)11-13-7-3-4-8-13/h3,5-7,9-10,13H,2,4,8,11-12H2,1H3,(H,19,20)/t13-/m1/s1. The summed E-state index contributed by atoms with van der Waals surface area (Å²) in [6.45, 7) is 1.57. The van der Waals surface area contributed by atoms with Gasteiger partial charge in [0.05, 0.1) is 24.3 Å². The molecular formula is C18H21NO5. The molecule has 1 aromatic carbocycles. The summed E-state index contributed by atoms with van der Waals surface area (Å²) in [4.78, 5) is 35.5. The van der Waals surface area contributed by atoms with E-state index in [0.717, 1.165) is 12.8 Å². The van der Waals surface area contributed by atoms with E-state index in [2.05, 4.69) is 5.32 Å². The summed E-state index contributed by atoms with van der Waals surface area (Å²) in [5.74, 6) is -1.22. The first kappa shape index (κ1) is 17.7. The molecule has 0 fully saturated rings. The van der Waals surface area contributed by atoms with Crippen molar-refractivity contribution in [2.45, 2.75) is 26.2 Å². The second kappa shape index (κ2) is 8.86. The third-order valence-corrected chi connectivity index (χ3v) is 3.60. The zero-order valence-corrected chi connectivity index (χ0v) is 13.6. The van der Waals surface area contributed by atoms with E-state index in [0.29, 0.717) is 5.69 Å². The van der Waals surface area contributed by atoms with Crippen molar-refractivity contribution in [2.24, 2.45) is 5.92 Å². The van der Waals surface area contributed by atoms with Crippen LogP contribution in [0, 0.1) is 5.92 Å². The lowest BCUT2D eigenvalue weighted by Gasteiger charge is -2.11. The van der Waals surface area contributed by atoms with Gasteiger partial charge >= 0.3 is 11.9 Å². The molecule has 0 radical (unpaired) electrons. The minimum absolute atomic E-state index is 0.199. The molecule has 1 amide bonds. The molecule has 6 nitrogen and oxygen atoms in total. The molecule has 0 unspecified atom stereocenters. The fourth-order valence-electron chi connectivity index (χ4n) is 2.45. The molecule has 0 aromatic heterocycles. The Morgan fingerprint density at radius 1 is 1.21 bits per heavy atom. The normalized spacial score (nSPS) is 15.8. The van der Waals surface area contributed by atoms with Crippen LogP contribution in [0.4, 0.5) is 5.69 Å². The topological polar surface area (TPSA) is 81.7 Å². The quantitative estimate of drug-likeness (QED) is 0.613. The van der Waals surface area contributed by atoms with Gasteiger partial charge in [-0.2, -0.15) is 0 Å². The number of carbonyl (C=O) groups is 3. The SMILES string of the molecule is CCOC(=O)c1ccccc1NC(=O)COC(=O)C[C@@H]1C=CCC1. The van der Waals surface area contributed by atoms with Crippen molar-refractivity contribution in [3.05, 3.63) is 42.0 Å². The van der Waals surface area contributed by atoms with Crippen LogP contribution in [-0.2, 0) is 19.1 Å². The van der Waals surface area contributed by atoms with Crippen LogP contribution in [0.3, 0.4) is 0 Å². The monoisotopic (exact) mass is 331 g/mol. The van der Waals surface area contributed by atoms with E-state index in [1.807, 2.05) is 12.2 Å². The fraction of sp³-hybridized carbons (Fsp3) is 0.389. The molecule has 6 heteroatoms. The van der Waals surface area contributed by atoms with E-state index in [1.165, 1.54) is 0 Å². The van der Waals surface area contributed by atoms with Gasteiger partial charge in [0, 0.05) is 0 Å². The summed E-state index contributed by atoms with van der Waals surface area (Å²) >= 11 is 0. The Bertz CT molecular complexity index is 638. The molecule has 1 N–H and O–H groups in total. The highest BCUT2D eigenvalue weighted by molar-refractivity contribution is 6.01. The number of rotatable bonds is 7. The summed E-state index contributed by atoms with van der Waals surface area (Å²) in [6.07, 6.45) is 6.23. The Labute approximate surface area is 140 Å². The van der Waals surface area contributed by atoms with Crippen molar-refractivity contribution in [3.63, 3.8) is 0 Å². The maximum atomic E-state index is 11.9. The van der Waals surface area contributed by atoms with Crippen LogP contribution in [0.25, 0.3) is 0 Å². The number of anilines is 1. The lowest BCUT2D eigenvalue weighted by Crippen LogP contribution is -2.23. The Morgan fingerprint density at radius 2 is 2.00 bits per heavy atom. The van der Waals surface area contributed by atoms with Gasteiger partial charge in [-0.3, -0.25) is 9.59 Å². The van der Waals surface area contributed by atoms with Gasteiger partial charge in [-0.25, -0.2) is 4.79 Å². The van der Waals surface area contributed by atoms with Gasteiger partial charge in [0.15, 0.2) is 6.61 Å². The number of ether oxygens (including phenoxy) is 2. The van der Waals surface area contributed by atoms with Crippen LogP contribution in [0.15, 0.2) is 36.4 Å². The van der Waals surface area contributed by atoms with Gasteiger partial charge in [-0.15, -0.1) is 0 Å². The molecule has 1 aromatic rings. The van der Waals surface area contributed by atoms with Crippen molar-refractivity contribution < 1.29 is 23.9 Å². The van der Waals surface area contributed by atoms with Gasteiger partial charge in [0.25, 0.3) is 5.91 Å². The summed E-state index contributed by atoms with van der Waals surface area (Å²) in [5, 5.41) is 2.57. The third-order valence-electron chi connectivity index (χ3n) is 3.60. The number of amides is 1. The summed E-state index contributed by atoms with van der Waals surface area (Å²) in [7, 11) is 0. The average molecular weight is 331 g/mol. The second-order valence-corrected chi connectivity index (χ2v) is 5.44. The first-order chi connectivity index (χ1) is 11.6. The van der Waals surface area contributed by atoms with Crippen molar-refractivity contribution in [1.82, 2.24) is 0 Å².